The van der Waals surface area contributed by atoms with Gasteiger partial charge in [0.05, 0.1) is 17.8 Å². The number of anilines is 2. The molecular weight excluding hydrogens is 338 g/mol. The quantitative estimate of drug-likeness (QED) is 0.736. The van der Waals surface area contributed by atoms with E-state index in [1.165, 1.54) is 11.3 Å². The summed E-state index contributed by atoms with van der Waals surface area (Å²) in [7, 11) is 1.77. The van der Waals surface area contributed by atoms with Gasteiger partial charge in [-0.1, -0.05) is 18.2 Å². The predicted octanol–water partition coefficient (Wildman–Crippen LogP) is 2.62. The maximum absolute atomic E-state index is 12.1. The lowest BCUT2D eigenvalue weighted by Crippen LogP contribution is -2.17. The Morgan fingerprint density at radius 1 is 1.20 bits per heavy atom. The van der Waals surface area contributed by atoms with Crippen molar-refractivity contribution in [1.29, 1.82) is 0 Å². The van der Waals surface area contributed by atoms with Crippen molar-refractivity contribution in [3.8, 4) is 0 Å². The number of carbonyl (C=O) groups is 2. The van der Waals surface area contributed by atoms with Crippen LogP contribution in [0.25, 0.3) is 0 Å². The number of hydrogen-bond donors (Lipinski definition) is 2. The van der Waals surface area contributed by atoms with Gasteiger partial charge in [-0.25, -0.2) is 4.98 Å². The maximum Gasteiger partial charge on any atom is 0.257 e. The van der Waals surface area contributed by atoms with Crippen LogP contribution in [0.1, 0.15) is 21.7 Å². The highest BCUT2D eigenvalue weighted by Gasteiger charge is 2.12. The van der Waals surface area contributed by atoms with E-state index < -0.39 is 0 Å². The molecule has 0 unspecified atom stereocenters. The van der Waals surface area contributed by atoms with Gasteiger partial charge in [0.15, 0.2) is 5.13 Å². The molecular formula is C17H17N5O2S. The van der Waals surface area contributed by atoms with Crippen LogP contribution in [-0.4, -0.2) is 26.6 Å². The van der Waals surface area contributed by atoms with Crippen LogP contribution in [-0.2, 0) is 18.3 Å². The van der Waals surface area contributed by atoms with E-state index in [0.29, 0.717) is 22.2 Å². The van der Waals surface area contributed by atoms with Gasteiger partial charge in [0.2, 0.25) is 5.91 Å². The fourth-order valence-electron chi connectivity index (χ4n) is 2.28. The van der Waals surface area contributed by atoms with Gasteiger partial charge in [0.1, 0.15) is 5.82 Å². The molecule has 0 atom stereocenters. The Hall–Kier alpha value is -3.00. The molecule has 25 heavy (non-hydrogen) atoms. The lowest BCUT2D eigenvalue weighted by molar-refractivity contribution is -0.115. The van der Waals surface area contributed by atoms with Crippen LogP contribution in [0.15, 0.2) is 41.8 Å². The number of aryl methyl sites for hydroxylation is 2. The summed E-state index contributed by atoms with van der Waals surface area (Å²) in [6.45, 7) is 1.86. The van der Waals surface area contributed by atoms with Gasteiger partial charge in [-0.15, -0.1) is 11.3 Å². The largest absolute Gasteiger partial charge is 0.311 e. The summed E-state index contributed by atoms with van der Waals surface area (Å²) in [4.78, 5) is 28.5. The van der Waals surface area contributed by atoms with E-state index in [-0.39, 0.29) is 18.2 Å². The van der Waals surface area contributed by atoms with Crippen molar-refractivity contribution >= 4 is 34.1 Å². The summed E-state index contributed by atoms with van der Waals surface area (Å²) in [6.07, 6.45) is 0.127. The highest BCUT2D eigenvalue weighted by molar-refractivity contribution is 7.14. The van der Waals surface area contributed by atoms with Crippen LogP contribution in [0.3, 0.4) is 0 Å². The van der Waals surface area contributed by atoms with Gasteiger partial charge in [0.25, 0.3) is 5.91 Å². The van der Waals surface area contributed by atoms with Crippen LogP contribution in [0.4, 0.5) is 10.9 Å². The molecule has 2 heterocycles. The fourth-order valence-corrected chi connectivity index (χ4v) is 2.99. The maximum atomic E-state index is 12.1. The number of amides is 2. The summed E-state index contributed by atoms with van der Waals surface area (Å²) in [5.41, 5.74) is 1.99. The summed E-state index contributed by atoms with van der Waals surface area (Å²) in [5, 5.41) is 11.9. The third kappa shape index (κ3) is 4.30. The summed E-state index contributed by atoms with van der Waals surface area (Å²) < 4.78 is 1.61. The van der Waals surface area contributed by atoms with Gasteiger partial charge in [-0.2, -0.15) is 5.10 Å². The van der Waals surface area contributed by atoms with Crippen molar-refractivity contribution in [1.82, 2.24) is 14.8 Å². The van der Waals surface area contributed by atoms with E-state index in [2.05, 4.69) is 20.7 Å². The standard InChI is InChI=1S/C17H17N5O2S/c1-11-8-14(22(2)21-11)19-15(23)9-13-10-25-17(18-13)20-16(24)12-6-4-3-5-7-12/h3-8,10H,9H2,1-2H3,(H,19,23)(H,18,20,24). The zero-order valence-corrected chi connectivity index (χ0v) is 14.6. The number of benzene rings is 1. The van der Waals surface area contributed by atoms with E-state index in [0.717, 1.165) is 5.69 Å². The summed E-state index contributed by atoms with van der Waals surface area (Å²) in [6, 6.07) is 10.7. The van der Waals surface area contributed by atoms with Gasteiger partial charge >= 0.3 is 0 Å². The minimum Gasteiger partial charge on any atom is -0.311 e. The third-order valence-electron chi connectivity index (χ3n) is 3.42. The molecule has 0 aliphatic heterocycles. The number of hydrogen-bond acceptors (Lipinski definition) is 5. The highest BCUT2D eigenvalue weighted by atomic mass is 32.1. The first-order valence-corrected chi connectivity index (χ1v) is 8.50. The van der Waals surface area contributed by atoms with E-state index in [1.807, 2.05) is 13.0 Å². The van der Waals surface area contributed by atoms with Crippen LogP contribution in [0.2, 0.25) is 0 Å². The molecule has 0 saturated heterocycles. The Morgan fingerprint density at radius 3 is 2.64 bits per heavy atom. The second-order valence-electron chi connectivity index (χ2n) is 5.48. The molecule has 8 heteroatoms. The molecule has 0 spiro atoms. The molecule has 0 fully saturated rings. The zero-order valence-electron chi connectivity index (χ0n) is 13.8. The molecule has 2 N–H and O–H groups in total. The topological polar surface area (TPSA) is 88.9 Å². The Bertz CT molecular complexity index is 901. The highest BCUT2D eigenvalue weighted by Crippen LogP contribution is 2.17. The molecule has 0 radical (unpaired) electrons. The molecule has 1 aromatic carbocycles. The summed E-state index contributed by atoms with van der Waals surface area (Å²) >= 11 is 1.29. The van der Waals surface area contributed by atoms with Crippen LogP contribution in [0, 0.1) is 6.92 Å². The fraction of sp³-hybridized carbons (Fsp3) is 0.176. The Kier molecular flexibility index (Phi) is 4.90. The lowest BCUT2D eigenvalue weighted by Gasteiger charge is -2.03. The molecule has 128 valence electrons. The second kappa shape index (κ2) is 7.27. The van der Waals surface area contributed by atoms with Crippen molar-refractivity contribution in [2.24, 2.45) is 7.05 Å². The molecule has 2 amide bonds. The normalized spacial score (nSPS) is 10.5. The first kappa shape index (κ1) is 16.8. The van der Waals surface area contributed by atoms with Crippen LogP contribution in [0.5, 0.6) is 0 Å². The number of rotatable bonds is 5. The SMILES string of the molecule is Cc1cc(NC(=O)Cc2csc(NC(=O)c3ccccc3)n2)n(C)n1. The van der Waals surface area contributed by atoms with Crippen molar-refractivity contribution in [2.45, 2.75) is 13.3 Å². The molecule has 3 aromatic rings. The second-order valence-corrected chi connectivity index (χ2v) is 6.34. The monoisotopic (exact) mass is 355 g/mol. The first-order chi connectivity index (χ1) is 12.0. The first-order valence-electron chi connectivity index (χ1n) is 7.62. The number of nitrogens with zero attached hydrogens (tertiary/aromatic N) is 3. The average Bonchev–Trinajstić information content (AvgIpc) is 3.14. The van der Waals surface area contributed by atoms with E-state index >= 15 is 0 Å². The molecule has 7 nitrogen and oxygen atoms in total. The molecule has 0 saturated carbocycles. The lowest BCUT2D eigenvalue weighted by atomic mass is 10.2. The van der Waals surface area contributed by atoms with Crippen molar-refractivity contribution in [3.63, 3.8) is 0 Å². The Morgan fingerprint density at radius 2 is 1.96 bits per heavy atom. The van der Waals surface area contributed by atoms with Gasteiger partial charge < -0.3 is 5.32 Å². The molecule has 0 bridgehead atoms. The minimum absolute atomic E-state index is 0.127. The number of thiazole rings is 1. The predicted molar refractivity (Wildman–Crippen MR) is 96.8 cm³/mol. The molecule has 0 aliphatic carbocycles. The number of carbonyl (C=O) groups excluding carboxylic acids is 2. The van der Waals surface area contributed by atoms with E-state index in [1.54, 1.807) is 47.4 Å². The molecule has 0 aliphatic rings. The molecule has 3 rings (SSSR count). The summed E-state index contributed by atoms with van der Waals surface area (Å²) in [5.74, 6) is 0.223. The smallest absolute Gasteiger partial charge is 0.257 e. The Balaban J connectivity index is 1.59. The third-order valence-corrected chi connectivity index (χ3v) is 4.23. The van der Waals surface area contributed by atoms with E-state index in [4.69, 9.17) is 0 Å². The average molecular weight is 355 g/mol. The van der Waals surface area contributed by atoms with Crippen LogP contribution >= 0.6 is 11.3 Å². The Labute approximate surface area is 148 Å². The van der Waals surface area contributed by atoms with Gasteiger partial charge in [-0.3, -0.25) is 19.6 Å². The minimum atomic E-state index is -0.226. The van der Waals surface area contributed by atoms with Crippen molar-refractivity contribution < 1.29 is 9.59 Å². The van der Waals surface area contributed by atoms with Gasteiger partial charge in [0, 0.05) is 24.1 Å². The zero-order chi connectivity index (χ0) is 17.8. The van der Waals surface area contributed by atoms with Crippen LogP contribution < -0.4 is 10.6 Å². The van der Waals surface area contributed by atoms with E-state index in [9.17, 15) is 9.59 Å². The number of nitrogens with one attached hydrogen (secondary N) is 2. The van der Waals surface area contributed by atoms with Gasteiger partial charge in [-0.05, 0) is 19.1 Å². The van der Waals surface area contributed by atoms with Crippen molar-refractivity contribution in [3.05, 3.63) is 58.7 Å². The molecule has 2 aromatic heterocycles. The van der Waals surface area contributed by atoms with Crippen molar-refractivity contribution in [2.75, 3.05) is 10.6 Å². The number of aromatic nitrogens is 3.